The van der Waals surface area contributed by atoms with Crippen LogP contribution < -0.4 is 0 Å². The molecule has 5 heteroatoms. The fourth-order valence-electron chi connectivity index (χ4n) is 0.204. The molecule has 0 rings (SSSR count). The highest BCUT2D eigenvalue weighted by molar-refractivity contribution is 9.12. The number of hydrogen-bond donors (Lipinski definition) is 0. The van der Waals surface area contributed by atoms with E-state index in [1.807, 2.05) is 0 Å². The zero-order valence-corrected chi connectivity index (χ0v) is 7.83. The van der Waals surface area contributed by atoms with Crippen molar-refractivity contribution in [1.82, 2.24) is 0 Å². The number of methoxy groups -OCH3 is 1. The second-order valence-electron chi connectivity index (χ2n) is 1.33. The lowest BCUT2D eigenvalue weighted by Gasteiger charge is -2.10. The molecule has 0 aromatic rings. The highest BCUT2D eigenvalue weighted by Crippen LogP contribution is 2.23. The van der Waals surface area contributed by atoms with Gasteiger partial charge in [0.25, 0.3) is 4.58 Å². The molecule has 54 valence electrons. The molecule has 0 aliphatic rings. The number of carbonyl (C=O) groups is 1. The lowest BCUT2D eigenvalue weighted by Crippen LogP contribution is -2.29. The van der Waals surface area contributed by atoms with Crippen molar-refractivity contribution < 1.29 is 13.9 Å². The summed E-state index contributed by atoms with van der Waals surface area (Å²) in [4.78, 5) is 10.4. The zero-order valence-electron chi connectivity index (χ0n) is 4.66. The molecule has 0 saturated carbocycles. The molecule has 0 heterocycles. The van der Waals surface area contributed by atoms with Gasteiger partial charge >= 0.3 is 5.97 Å². The Kier molecular flexibility index (Phi) is 3.65. The van der Waals surface area contributed by atoms with Gasteiger partial charge in [0, 0.05) is 0 Å². The number of halogens is 3. The van der Waals surface area contributed by atoms with Gasteiger partial charge in [0.05, 0.1) is 12.4 Å². The smallest absolute Gasteiger partial charge is 0.355 e. The first kappa shape index (κ1) is 9.36. The zero-order chi connectivity index (χ0) is 7.49. The summed E-state index contributed by atoms with van der Waals surface area (Å²) >= 11 is 5.31. The Morgan fingerprint density at radius 2 is 2.33 bits per heavy atom. The van der Waals surface area contributed by atoms with Gasteiger partial charge < -0.3 is 4.74 Å². The third-order valence-electron chi connectivity index (χ3n) is 0.652. The molecule has 0 N–H and O–H groups in total. The largest absolute Gasteiger partial charge is 0.466 e. The number of rotatable bonds is 2. The van der Waals surface area contributed by atoms with E-state index in [0.717, 1.165) is 7.11 Å². The fraction of sp³-hybridized carbons (Fsp3) is 0.750. The summed E-state index contributed by atoms with van der Waals surface area (Å²) < 4.78 is 14.6. The van der Waals surface area contributed by atoms with Gasteiger partial charge in [0.1, 0.15) is 0 Å². The van der Waals surface area contributed by atoms with Crippen molar-refractivity contribution in [3.05, 3.63) is 0 Å². The summed E-state index contributed by atoms with van der Waals surface area (Å²) in [6.45, 7) is 0. The van der Waals surface area contributed by atoms with E-state index in [0.29, 0.717) is 0 Å². The molecule has 0 fully saturated rings. The van der Waals surface area contributed by atoms with E-state index in [4.69, 9.17) is 0 Å². The normalized spacial score (nSPS) is 16.4. The molecule has 0 aromatic heterocycles. The van der Waals surface area contributed by atoms with Crippen molar-refractivity contribution in [3.63, 3.8) is 0 Å². The maximum absolute atomic E-state index is 12.6. The van der Waals surface area contributed by atoms with E-state index in [-0.39, 0.29) is 5.33 Å². The Morgan fingerprint density at radius 3 is 2.44 bits per heavy atom. The number of alkyl halides is 3. The van der Waals surface area contributed by atoms with Crippen LogP contribution in [0.5, 0.6) is 0 Å². The monoisotopic (exact) mass is 262 g/mol. The maximum atomic E-state index is 12.6. The first-order chi connectivity index (χ1) is 4.04. The van der Waals surface area contributed by atoms with E-state index in [1.165, 1.54) is 0 Å². The number of hydrogen-bond acceptors (Lipinski definition) is 2. The van der Waals surface area contributed by atoms with E-state index >= 15 is 0 Å². The average molecular weight is 264 g/mol. The van der Waals surface area contributed by atoms with Crippen LogP contribution in [0.25, 0.3) is 0 Å². The van der Waals surface area contributed by atoms with Gasteiger partial charge in [-0.05, 0) is 15.9 Å². The van der Waals surface area contributed by atoms with Crippen LogP contribution in [0.15, 0.2) is 0 Å². The molecule has 0 saturated heterocycles. The van der Waals surface area contributed by atoms with Gasteiger partial charge in [-0.2, -0.15) is 0 Å². The van der Waals surface area contributed by atoms with Crippen LogP contribution >= 0.6 is 31.9 Å². The number of ether oxygens (including phenoxy) is 1. The minimum Gasteiger partial charge on any atom is -0.466 e. The summed E-state index contributed by atoms with van der Waals surface area (Å²) in [6, 6.07) is 0. The second kappa shape index (κ2) is 3.51. The van der Waals surface area contributed by atoms with Gasteiger partial charge in [0.2, 0.25) is 0 Å². The number of esters is 1. The lowest BCUT2D eigenvalue weighted by atomic mass is 10.4. The summed E-state index contributed by atoms with van der Waals surface area (Å²) in [5, 5.41) is -0.118. The standard InChI is InChI=1S/C4H5Br2FO2/c1-9-3(8)4(6,7)2-5/h2H2,1H3. The SMILES string of the molecule is COC(=O)C(F)(Br)CBr. The molecule has 0 aromatic carbocycles. The molecule has 0 aliphatic heterocycles. The molecule has 0 radical (unpaired) electrons. The average Bonchev–Trinajstić information content (AvgIpc) is 1.86. The maximum Gasteiger partial charge on any atom is 0.355 e. The molecule has 0 spiro atoms. The van der Waals surface area contributed by atoms with Crippen LogP contribution in [0.2, 0.25) is 0 Å². The van der Waals surface area contributed by atoms with Gasteiger partial charge in [-0.3, -0.25) is 0 Å². The summed E-state index contributed by atoms with van der Waals surface area (Å²) in [7, 11) is 1.13. The predicted molar refractivity (Wildman–Crippen MR) is 38.6 cm³/mol. The molecule has 1 atom stereocenters. The molecule has 0 aliphatic carbocycles. The molecule has 1 unspecified atom stereocenters. The highest BCUT2D eigenvalue weighted by atomic mass is 79.9. The minimum absolute atomic E-state index is 0.118. The Hall–Kier alpha value is 0.360. The van der Waals surface area contributed by atoms with Crippen LogP contribution in [0.1, 0.15) is 0 Å². The molecule has 0 amide bonds. The quantitative estimate of drug-likeness (QED) is 0.559. The molecule has 2 nitrogen and oxygen atoms in total. The first-order valence-corrected chi connectivity index (χ1v) is 3.98. The van der Waals surface area contributed by atoms with Crippen LogP contribution in [0, 0.1) is 0 Å². The van der Waals surface area contributed by atoms with Gasteiger partial charge in [-0.15, -0.1) is 0 Å². The third kappa shape index (κ3) is 2.62. The molecular weight excluding hydrogens is 259 g/mol. The Balaban J connectivity index is 3.97. The Bertz CT molecular complexity index is 115. The van der Waals surface area contributed by atoms with Gasteiger partial charge in [0.15, 0.2) is 0 Å². The molecule has 9 heavy (non-hydrogen) atoms. The van der Waals surface area contributed by atoms with Crippen molar-refractivity contribution in [3.8, 4) is 0 Å². The summed E-state index contributed by atoms with van der Waals surface area (Å²) in [6.07, 6.45) is 0. The van der Waals surface area contributed by atoms with E-state index in [1.54, 1.807) is 0 Å². The Labute approximate surface area is 69.0 Å². The van der Waals surface area contributed by atoms with Crippen molar-refractivity contribution in [2.45, 2.75) is 4.58 Å². The minimum atomic E-state index is -2.08. The molecular formula is C4H5Br2FO2. The third-order valence-corrected chi connectivity index (χ3v) is 2.78. The van der Waals surface area contributed by atoms with Crippen molar-refractivity contribution >= 4 is 37.8 Å². The van der Waals surface area contributed by atoms with Crippen LogP contribution in [-0.4, -0.2) is 23.0 Å². The Morgan fingerprint density at radius 1 is 1.89 bits per heavy atom. The number of carbonyl (C=O) groups excluding carboxylic acids is 1. The van der Waals surface area contributed by atoms with Crippen LogP contribution in [0.4, 0.5) is 4.39 Å². The molecule has 0 bridgehead atoms. The summed E-state index contributed by atoms with van der Waals surface area (Å²) in [5.74, 6) is -0.931. The van der Waals surface area contributed by atoms with E-state index in [2.05, 4.69) is 36.6 Å². The van der Waals surface area contributed by atoms with Crippen molar-refractivity contribution in [2.24, 2.45) is 0 Å². The second-order valence-corrected chi connectivity index (χ2v) is 3.15. The fourth-order valence-corrected chi connectivity index (χ4v) is 0.595. The lowest BCUT2D eigenvalue weighted by molar-refractivity contribution is -0.146. The summed E-state index contributed by atoms with van der Waals surface area (Å²) in [5.41, 5.74) is 0. The first-order valence-electron chi connectivity index (χ1n) is 2.07. The van der Waals surface area contributed by atoms with Gasteiger partial charge in [-0.25, -0.2) is 9.18 Å². The van der Waals surface area contributed by atoms with Crippen molar-refractivity contribution in [1.29, 1.82) is 0 Å². The van der Waals surface area contributed by atoms with Crippen molar-refractivity contribution in [2.75, 3.05) is 12.4 Å². The van der Waals surface area contributed by atoms with Crippen LogP contribution in [-0.2, 0) is 9.53 Å². The highest BCUT2D eigenvalue weighted by Gasteiger charge is 2.35. The van der Waals surface area contributed by atoms with E-state index in [9.17, 15) is 9.18 Å². The predicted octanol–water partition coefficient (Wildman–Crippen LogP) is 1.61. The van der Waals surface area contributed by atoms with Gasteiger partial charge in [-0.1, -0.05) is 15.9 Å². The van der Waals surface area contributed by atoms with E-state index < -0.39 is 10.5 Å². The van der Waals surface area contributed by atoms with Crippen LogP contribution in [0.3, 0.4) is 0 Å². The topological polar surface area (TPSA) is 26.3 Å².